The van der Waals surface area contributed by atoms with Crippen LogP contribution in [0.25, 0.3) is 0 Å². The van der Waals surface area contributed by atoms with Crippen LogP contribution in [-0.4, -0.2) is 12.5 Å². The second-order valence-electron chi connectivity index (χ2n) is 4.11. The number of hydrogen-bond acceptors (Lipinski definition) is 2. The number of hydrazine groups is 1. The molecule has 0 aromatic heterocycles. The van der Waals surface area contributed by atoms with E-state index in [0.717, 1.165) is 12.8 Å². The SMILES string of the molecule is CCCC(NNC=O)C(C)(C)C. The largest absolute Gasteiger partial charge is 0.294 e. The number of nitrogens with one attached hydrogen (secondary N) is 2. The fourth-order valence-electron chi connectivity index (χ4n) is 1.14. The first-order valence-corrected chi connectivity index (χ1v) is 4.47. The Morgan fingerprint density at radius 2 is 2.00 bits per heavy atom. The molecular weight excluding hydrogens is 152 g/mol. The van der Waals surface area contributed by atoms with E-state index in [0.29, 0.717) is 12.5 Å². The van der Waals surface area contributed by atoms with Crippen molar-refractivity contribution >= 4 is 6.41 Å². The van der Waals surface area contributed by atoms with E-state index in [1.54, 1.807) is 0 Å². The van der Waals surface area contributed by atoms with Crippen molar-refractivity contribution in [3.63, 3.8) is 0 Å². The van der Waals surface area contributed by atoms with E-state index < -0.39 is 0 Å². The van der Waals surface area contributed by atoms with Gasteiger partial charge in [-0.15, -0.1) is 0 Å². The van der Waals surface area contributed by atoms with Gasteiger partial charge in [-0.25, -0.2) is 5.43 Å². The zero-order valence-corrected chi connectivity index (χ0v) is 8.48. The molecule has 3 nitrogen and oxygen atoms in total. The Bertz CT molecular complexity index is 129. The first-order chi connectivity index (χ1) is 5.52. The molecule has 0 rings (SSSR count). The third-order valence-electron chi connectivity index (χ3n) is 1.94. The van der Waals surface area contributed by atoms with Gasteiger partial charge in [-0.05, 0) is 11.8 Å². The molecule has 0 aromatic carbocycles. The predicted molar refractivity (Wildman–Crippen MR) is 50.5 cm³/mol. The predicted octanol–water partition coefficient (Wildman–Crippen LogP) is 1.45. The van der Waals surface area contributed by atoms with Crippen LogP contribution in [-0.2, 0) is 4.79 Å². The molecule has 12 heavy (non-hydrogen) atoms. The van der Waals surface area contributed by atoms with Crippen molar-refractivity contribution in [3.8, 4) is 0 Å². The van der Waals surface area contributed by atoms with Crippen LogP contribution in [0.15, 0.2) is 0 Å². The van der Waals surface area contributed by atoms with Crippen LogP contribution in [0.5, 0.6) is 0 Å². The number of rotatable bonds is 5. The summed E-state index contributed by atoms with van der Waals surface area (Å²) in [6.07, 6.45) is 2.87. The summed E-state index contributed by atoms with van der Waals surface area (Å²) in [5.41, 5.74) is 5.69. The summed E-state index contributed by atoms with van der Waals surface area (Å²) in [7, 11) is 0. The zero-order valence-electron chi connectivity index (χ0n) is 8.48. The summed E-state index contributed by atoms with van der Waals surface area (Å²) < 4.78 is 0. The molecule has 0 aliphatic heterocycles. The Balaban J connectivity index is 3.94. The number of carbonyl (C=O) groups is 1. The normalized spacial score (nSPS) is 14.0. The molecule has 1 atom stereocenters. The van der Waals surface area contributed by atoms with Crippen molar-refractivity contribution in [3.05, 3.63) is 0 Å². The lowest BCUT2D eigenvalue weighted by Crippen LogP contribution is -2.47. The van der Waals surface area contributed by atoms with Crippen molar-refractivity contribution in [2.24, 2.45) is 5.41 Å². The third-order valence-corrected chi connectivity index (χ3v) is 1.94. The molecule has 0 spiro atoms. The average Bonchev–Trinajstić information content (AvgIpc) is 1.95. The Morgan fingerprint density at radius 1 is 1.42 bits per heavy atom. The van der Waals surface area contributed by atoms with Gasteiger partial charge in [0.15, 0.2) is 0 Å². The van der Waals surface area contributed by atoms with Crippen LogP contribution in [0.2, 0.25) is 0 Å². The van der Waals surface area contributed by atoms with Gasteiger partial charge < -0.3 is 0 Å². The first-order valence-electron chi connectivity index (χ1n) is 4.47. The molecule has 0 aliphatic rings. The summed E-state index contributed by atoms with van der Waals surface area (Å²) in [6.45, 7) is 8.62. The molecule has 0 heterocycles. The Morgan fingerprint density at radius 3 is 2.33 bits per heavy atom. The van der Waals surface area contributed by atoms with Gasteiger partial charge in [-0.2, -0.15) is 0 Å². The number of amides is 1. The molecule has 0 saturated heterocycles. The average molecular weight is 172 g/mol. The van der Waals surface area contributed by atoms with E-state index in [1.165, 1.54) is 0 Å². The fraction of sp³-hybridized carbons (Fsp3) is 0.889. The molecule has 0 radical (unpaired) electrons. The van der Waals surface area contributed by atoms with E-state index in [4.69, 9.17) is 0 Å². The molecule has 1 amide bonds. The quantitative estimate of drug-likeness (QED) is 0.487. The van der Waals surface area contributed by atoms with E-state index in [2.05, 4.69) is 38.5 Å². The van der Waals surface area contributed by atoms with Crippen LogP contribution in [0.3, 0.4) is 0 Å². The maximum Gasteiger partial charge on any atom is 0.221 e. The maximum absolute atomic E-state index is 10.1. The zero-order chi connectivity index (χ0) is 9.61. The van der Waals surface area contributed by atoms with Gasteiger partial charge in [0.05, 0.1) is 0 Å². The van der Waals surface area contributed by atoms with Gasteiger partial charge in [-0.1, -0.05) is 34.1 Å². The second-order valence-corrected chi connectivity index (χ2v) is 4.11. The molecule has 0 bridgehead atoms. The van der Waals surface area contributed by atoms with Gasteiger partial charge in [0, 0.05) is 6.04 Å². The molecule has 72 valence electrons. The highest BCUT2D eigenvalue weighted by atomic mass is 16.1. The standard InChI is InChI=1S/C9H20N2O/c1-5-6-8(9(2,3)4)11-10-7-12/h7-8,11H,5-6H2,1-4H3,(H,10,12). The minimum atomic E-state index is 0.187. The monoisotopic (exact) mass is 172 g/mol. The Kier molecular flexibility index (Phi) is 4.90. The molecule has 3 heteroatoms. The lowest BCUT2D eigenvalue weighted by molar-refractivity contribution is -0.110. The smallest absolute Gasteiger partial charge is 0.221 e. The molecule has 0 fully saturated rings. The maximum atomic E-state index is 10.1. The minimum absolute atomic E-state index is 0.187. The molecule has 1 unspecified atom stereocenters. The van der Waals surface area contributed by atoms with Crippen molar-refractivity contribution < 1.29 is 4.79 Å². The number of hydrogen-bond donors (Lipinski definition) is 2. The van der Waals surface area contributed by atoms with Crippen molar-refractivity contribution in [1.29, 1.82) is 0 Å². The van der Waals surface area contributed by atoms with Gasteiger partial charge in [0.1, 0.15) is 0 Å². The van der Waals surface area contributed by atoms with E-state index >= 15 is 0 Å². The Hall–Kier alpha value is -0.570. The van der Waals surface area contributed by atoms with Crippen LogP contribution in [0, 0.1) is 5.41 Å². The van der Waals surface area contributed by atoms with Gasteiger partial charge in [0.25, 0.3) is 0 Å². The summed E-state index contributed by atoms with van der Waals surface area (Å²) in [5.74, 6) is 0. The van der Waals surface area contributed by atoms with Crippen LogP contribution in [0.1, 0.15) is 40.5 Å². The third kappa shape index (κ3) is 4.34. The highest BCUT2D eigenvalue weighted by molar-refractivity contribution is 5.44. The lowest BCUT2D eigenvalue weighted by Gasteiger charge is -2.30. The molecule has 0 aromatic rings. The minimum Gasteiger partial charge on any atom is -0.294 e. The van der Waals surface area contributed by atoms with Crippen LogP contribution < -0.4 is 10.9 Å². The number of carbonyl (C=O) groups excluding carboxylic acids is 1. The summed E-state index contributed by atoms with van der Waals surface area (Å²) >= 11 is 0. The van der Waals surface area contributed by atoms with Crippen LogP contribution in [0.4, 0.5) is 0 Å². The summed E-state index contributed by atoms with van der Waals surface area (Å²) in [6, 6.07) is 0.340. The van der Waals surface area contributed by atoms with Crippen molar-refractivity contribution in [2.45, 2.75) is 46.6 Å². The molecule has 0 saturated carbocycles. The van der Waals surface area contributed by atoms with E-state index in [9.17, 15) is 4.79 Å². The van der Waals surface area contributed by atoms with Crippen LogP contribution >= 0.6 is 0 Å². The lowest BCUT2D eigenvalue weighted by atomic mass is 9.85. The fourth-order valence-corrected chi connectivity index (χ4v) is 1.14. The van der Waals surface area contributed by atoms with Crippen molar-refractivity contribution in [2.75, 3.05) is 0 Å². The van der Waals surface area contributed by atoms with Crippen molar-refractivity contribution in [1.82, 2.24) is 10.9 Å². The highest BCUT2D eigenvalue weighted by Gasteiger charge is 2.22. The Labute approximate surface area is 74.9 Å². The summed E-state index contributed by atoms with van der Waals surface area (Å²) in [5, 5.41) is 0. The topological polar surface area (TPSA) is 41.1 Å². The van der Waals surface area contributed by atoms with E-state index in [1.807, 2.05) is 0 Å². The summed E-state index contributed by atoms with van der Waals surface area (Å²) in [4.78, 5) is 10.1. The van der Waals surface area contributed by atoms with Gasteiger partial charge >= 0.3 is 0 Å². The molecule has 2 N–H and O–H groups in total. The first kappa shape index (κ1) is 11.4. The van der Waals surface area contributed by atoms with Gasteiger partial charge in [-0.3, -0.25) is 10.2 Å². The van der Waals surface area contributed by atoms with E-state index in [-0.39, 0.29) is 5.41 Å². The second kappa shape index (κ2) is 5.14. The van der Waals surface area contributed by atoms with Gasteiger partial charge in [0.2, 0.25) is 6.41 Å². The highest BCUT2D eigenvalue weighted by Crippen LogP contribution is 2.21. The molecular formula is C9H20N2O. The molecule has 0 aliphatic carbocycles.